The molecule has 0 atom stereocenters. The van der Waals surface area contributed by atoms with Gasteiger partial charge in [-0.1, -0.05) is 72.3 Å². The third-order valence-electron chi connectivity index (χ3n) is 6.00. The number of pyridine rings is 1. The summed E-state index contributed by atoms with van der Waals surface area (Å²) >= 11 is 4.65. The summed E-state index contributed by atoms with van der Waals surface area (Å²) in [4.78, 5) is 36.3. The van der Waals surface area contributed by atoms with E-state index in [-0.39, 0.29) is 11.7 Å². The van der Waals surface area contributed by atoms with Gasteiger partial charge in [-0.2, -0.15) is 0 Å². The molecular weight excluding hydrogens is 521 g/mol. The molecule has 37 heavy (non-hydrogen) atoms. The zero-order valence-corrected chi connectivity index (χ0v) is 22.5. The number of amides is 2. The van der Waals surface area contributed by atoms with Crippen molar-refractivity contribution in [2.45, 2.75) is 45.6 Å². The first-order valence-electron chi connectivity index (χ1n) is 12.1. The van der Waals surface area contributed by atoms with Crippen LogP contribution in [0.25, 0.3) is 0 Å². The quantitative estimate of drug-likeness (QED) is 0.163. The first-order chi connectivity index (χ1) is 18.2. The lowest BCUT2D eigenvalue weighted by molar-refractivity contribution is 0.0923. The SMILES string of the molecule is O=C(Nc1nc(CSc2ccccc2)c(Sc2ccccn2)s1)Nc1ccccc1C(=O)C1CCCC1. The first kappa shape index (κ1) is 25.5. The van der Waals surface area contributed by atoms with Gasteiger partial charge in [0.2, 0.25) is 0 Å². The second-order valence-corrected chi connectivity index (χ2v) is 11.9. The summed E-state index contributed by atoms with van der Waals surface area (Å²) in [7, 11) is 0. The number of benzene rings is 2. The van der Waals surface area contributed by atoms with Crippen LogP contribution in [-0.4, -0.2) is 21.8 Å². The van der Waals surface area contributed by atoms with Crippen LogP contribution in [-0.2, 0) is 5.75 Å². The minimum absolute atomic E-state index is 0.0424. The number of urea groups is 1. The highest BCUT2D eigenvalue weighted by molar-refractivity contribution is 8.01. The molecule has 2 aromatic carbocycles. The Hall–Kier alpha value is -3.14. The zero-order valence-electron chi connectivity index (χ0n) is 20.1. The number of aromatic nitrogens is 2. The molecule has 0 bridgehead atoms. The van der Waals surface area contributed by atoms with Gasteiger partial charge < -0.3 is 5.32 Å². The number of nitrogens with zero attached hydrogens (tertiary/aromatic N) is 2. The average Bonchev–Trinajstić information content (AvgIpc) is 3.59. The number of para-hydroxylation sites is 1. The third kappa shape index (κ3) is 6.80. The van der Waals surface area contributed by atoms with Crippen molar-refractivity contribution < 1.29 is 9.59 Å². The van der Waals surface area contributed by atoms with Gasteiger partial charge in [-0.25, -0.2) is 14.8 Å². The normalized spacial score (nSPS) is 13.4. The molecule has 2 amide bonds. The highest BCUT2D eigenvalue weighted by Crippen LogP contribution is 2.39. The predicted octanol–water partition coefficient (Wildman–Crippen LogP) is 8.00. The van der Waals surface area contributed by atoms with E-state index in [0.29, 0.717) is 22.1 Å². The van der Waals surface area contributed by atoms with E-state index in [1.165, 1.54) is 23.1 Å². The van der Waals surface area contributed by atoms with Crippen LogP contribution in [0.1, 0.15) is 41.7 Å². The molecule has 9 heteroatoms. The molecule has 0 saturated heterocycles. The van der Waals surface area contributed by atoms with Gasteiger partial charge in [-0.15, -0.1) is 11.8 Å². The van der Waals surface area contributed by atoms with Gasteiger partial charge in [-0.3, -0.25) is 10.1 Å². The van der Waals surface area contributed by atoms with Gasteiger partial charge in [0, 0.05) is 28.3 Å². The molecule has 0 unspecified atom stereocenters. The maximum absolute atomic E-state index is 13.0. The molecule has 1 aliphatic rings. The van der Waals surface area contributed by atoms with E-state index in [4.69, 9.17) is 4.98 Å². The van der Waals surface area contributed by atoms with Crippen molar-refractivity contribution in [1.29, 1.82) is 0 Å². The summed E-state index contributed by atoms with van der Waals surface area (Å²) in [5.74, 6) is 0.815. The van der Waals surface area contributed by atoms with Gasteiger partial charge in [0.05, 0.1) is 15.6 Å². The largest absolute Gasteiger partial charge is 0.325 e. The lowest BCUT2D eigenvalue weighted by atomic mass is 9.95. The van der Waals surface area contributed by atoms with E-state index < -0.39 is 6.03 Å². The monoisotopic (exact) mass is 546 g/mol. The van der Waals surface area contributed by atoms with Crippen molar-refractivity contribution in [2.24, 2.45) is 5.92 Å². The molecule has 4 aromatic rings. The molecule has 188 valence electrons. The van der Waals surface area contributed by atoms with Gasteiger partial charge in [0.1, 0.15) is 5.03 Å². The number of hydrogen-bond acceptors (Lipinski definition) is 7. The van der Waals surface area contributed by atoms with E-state index in [9.17, 15) is 9.59 Å². The molecule has 2 N–H and O–H groups in total. The molecule has 0 aliphatic heterocycles. The molecule has 6 nitrogen and oxygen atoms in total. The Balaban J connectivity index is 1.31. The van der Waals surface area contributed by atoms with E-state index in [0.717, 1.165) is 45.5 Å². The van der Waals surface area contributed by atoms with E-state index in [1.807, 2.05) is 48.5 Å². The second kappa shape index (κ2) is 12.4. The summed E-state index contributed by atoms with van der Waals surface area (Å²) in [6, 6.07) is 22.8. The van der Waals surface area contributed by atoms with Crippen molar-refractivity contribution >= 4 is 57.5 Å². The number of nitrogens with one attached hydrogen (secondary N) is 2. The number of rotatable bonds is 9. The number of carbonyl (C=O) groups is 2. The molecule has 0 radical (unpaired) electrons. The van der Waals surface area contributed by atoms with Crippen LogP contribution in [0.4, 0.5) is 15.6 Å². The van der Waals surface area contributed by atoms with Crippen LogP contribution < -0.4 is 10.6 Å². The Morgan fingerprint density at radius 3 is 2.46 bits per heavy atom. The van der Waals surface area contributed by atoms with Crippen LogP contribution in [0.15, 0.2) is 93.1 Å². The Labute approximate surface area is 228 Å². The number of thiazole rings is 1. The van der Waals surface area contributed by atoms with Gasteiger partial charge in [-0.05, 0) is 49.2 Å². The molecule has 2 aromatic heterocycles. The Bertz CT molecular complexity index is 1360. The van der Waals surface area contributed by atoms with Crippen LogP contribution in [0.3, 0.4) is 0 Å². The molecular formula is C28H26N4O2S3. The third-order valence-corrected chi connectivity index (χ3v) is 9.21. The minimum Gasteiger partial charge on any atom is -0.307 e. The highest BCUT2D eigenvalue weighted by atomic mass is 32.2. The van der Waals surface area contributed by atoms with Crippen molar-refractivity contribution in [3.05, 3.63) is 90.3 Å². The van der Waals surface area contributed by atoms with Gasteiger partial charge in [0.15, 0.2) is 10.9 Å². The van der Waals surface area contributed by atoms with Crippen molar-refractivity contribution in [2.75, 3.05) is 10.6 Å². The number of ketones is 1. The number of thioether (sulfide) groups is 1. The number of anilines is 2. The van der Waals surface area contributed by atoms with Crippen LogP contribution in [0.5, 0.6) is 0 Å². The number of Topliss-reactive ketones (excluding diaryl/α,β-unsaturated/α-hetero) is 1. The smallest absolute Gasteiger partial charge is 0.307 e. The van der Waals surface area contributed by atoms with Crippen LogP contribution >= 0.6 is 34.9 Å². The van der Waals surface area contributed by atoms with Crippen molar-refractivity contribution in [3.8, 4) is 0 Å². The van der Waals surface area contributed by atoms with Crippen molar-refractivity contribution in [1.82, 2.24) is 9.97 Å². The van der Waals surface area contributed by atoms with E-state index in [1.54, 1.807) is 30.1 Å². The second-order valence-electron chi connectivity index (χ2n) is 8.60. The fourth-order valence-corrected chi connectivity index (χ4v) is 7.30. The lowest BCUT2D eigenvalue weighted by Gasteiger charge is -2.13. The number of hydrogen-bond donors (Lipinski definition) is 2. The van der Waals surface area contributed by atoms with Gasteiger partial charge >= 0.3 is 6.03 Å². The van der Waals surface area contributed by atoms with E-state index in [2.05, 4.69) is 27.8 Å². The molecule has 2 heterocycles. The Kier molecular flexibility index (Phi) is 8.55. The Morgan fingerprint density at radius 1 is 0.919 bits per heavy atom. The predicted molar refractivity (Wildman–Crippen MR) is 152 cm³/mol. The van der Waals surface area contributed by atoms with Crippen LogP contribution in [0, 0.1) is 5.92 Å². The van der Waals surface area contributed by atoms with Crippen LogP contribution in [0.2, 0.25) is 0 Å². The number of carbonyl (C=O) groups excluding carboxylic acids is 2. The zero-order chi connectivity index (χ0) is 25.5. The summed E-state index contributed by atoms with van der Waals surface area (Å²) in [6.45, 7) is 0. The maximum atomic E-state index is 13.0. The fraction of sp³-hybridized carbons (Fsp3) is 0.214. The summed E-state index contributed by atoms with van der Waals surface area (Å²) < 4.78 is 0.981. The minimum atomic E-state index is -0.419. The summed E-state index contributed by atoms with van der Waals surface area (Å²) in [5, 5.41) is 7.11. The highest BCUT2D eigenvalue weighted by Gasteiger charge is 2.26. The first-order valence-corrected chi connectivity index (χ1v) is 14.8. The van der Waals surface area contributed by atoms with Crippen molar-refractivity contribution in [3.63, 3.8) is 0 Å². The standard InChI is InChI=1S/C28H26N4O2S3/c33-25(19-10-4-5-11-19)21-14-6-7-15-22(21)30-27(34)32-28-31-23(18-35-20-12-2-1-3-13-20)26(37-28)36-24-16-8-9-17-29-24/h1-3,6-9,12-17,19H,4-5,10-11,18H2,(H2,30,31,32,34). The maximum Gasteiger partial charge on any atom is 0.325 e. The Morgan fingerprint density at radius 2 is 1.68 bits per heavy atom. The van der Waals surface area contributed by atoms with E-state index >= 15 is 0 Å². The topological polar surface area (TPSA) is 84.0 Å². The average molecular weight is 547 g/mol. The fourth-order valence-electron chi connectivity index (χ4n) is 4.20. The molecule has 1 aliphatic carbocycles. The molecule has 1 fully saturated rings. The summed E-state index contributed by atoms with van der Waals surface area (Å²) in [5.41, 5.74) is 1.98. The van der Waals surface area contributed by atoms with Gasteiger partial charge in [0.25, 0.3) is 0 Å². The summed E-state index contributed by atoms with van der Waals surface area (Å²) in [6.07, 6.45) is 5.76. The molecule has 1 saturated carbocycles. The molecule has 5 rings (SSSR count). The molecule has 0 spiro atoms. The lowest BCUT2D eigenvalue weighted by Crippen LogP contribution is -2.22.